The van der Waals surface area contributed by atoms with Gasteiger partial charge in [-0.2, -0.15) is 0 Å². The number of hydrogen-bond donors (Lipinski definition) is 1. The third kappa shape index (κ3) is 2.57. The molecule has 1 aliphatic rings. The SMILES string of the molecule is Clc1ccc(NCc2cccc3c2OCO3)cc1Cl. The van der Waals surface area contributed by atoms with Gasteiger partial charge in [0.25, 0.3) is 0 Å². The van der Waals surface area contributed by atoms with E-state index in [1.165, 1.54) is 0 Å². The molecule has 0 radical (unpaired) electrons. The van der Waals surface area contributed by atoms with Gasteiger partial charge in [0.1, 0.15) is 0 Å². The lowest BCUT2D eigenvalue weighted by Gasteiger charge is -2.09. The van der Waals surface area contributed by atoms with E-state index in [0.717, 1.165) is 22.7 Å². The van der Waals surface area contributed by atoms with E-state index in [4.69, 9.17) is 32.7 Å². The molecule has 1 heterocycles. The normalized spacial score (nSPS) is 12.5. The average molecular weight is 296 g/mol. The maximum absolute atomic E-state index is 5.97. The Labute approximate surface area is 121 Å². The summed E-state index contributed by atoms with van der Waals surface area (Å²) in [4.78, 5) is 0. The monoisotopic (exact) mass is 295 g/mol. The maximum Gasteiger partial charge on any atom is 0.231 e. The fourth-order valence-electron chi connectivity index (χ4n) is 1.93. The Morgan fingerprint density at radius 1 is 1.05 bits per heavy atom. The summed E-state index contributed by atoms with van der Waals surface area (Å²) in [5.74, 6) is 1.59. The van der Waals surface area contributed by atoms with Gasteiger partial charge in [-0.3, -0.25) is 0 Å². The number of hydrogen-bond acceptors (Lipinski definition) is 3. The number of ether oxygens (including phenoxy) is 2. The minimum atomic E-state index is 0.277. The lowest BCUT2D eigenvalue weighted by atomic mass is 10.2. The predicted octanol–water partition coefficient (Wildman–Crippen LogP) is 4.33. The van der Waals surface area contributed by atoms with Gasteiger partial charge in [-0.1, -0.05) is 35.3 Å². The third-order valence-electron chi connectivity index (χ3n) is 2.88. The van der Waals surface area contributed by atoms with Crippen molar-refractivity contribution in [2.45, 2.75) is 6.54 Å². The second kappa shape index (κ2) is 5.19. The first-order valence-electron chi connectivity index (χ1n) is 5.80. The van der Waals surface area contributed by atoms with Crippen LogP contribution in [0.3, 0.4) is 0 Å². The largest absolute Gasteiger partial charge is 0.454 e. The van der Waals surface area contributed by atoms with Crippen molar-refractivity contribution in [1.82, 2.24) is 0 Å². The molecule has 3 rings (SSSR count). The Bertz CT molecular complexity index is 616. The molecule has 0 aromatic heterocycles. The van der Waals surface area contributed by atoms with Gasteiger partial charge in [-0.05, 0) is 24.3 Å². The van der Waals surface area contributed by atoms with E-state index in [2.05, 4.69) is 5.32 Å². The second-order valence-electron chi connectivity index (χ2n) is 4.13. The fraction of sp³-hybridized carbons (Fsp3) is 0.143. The van der Waals surface area contributed by atoms with Crippen LogP contribution in [0.25, 0.3) is 0 Å². The number of para-hydroxylation sites is 1. The average Bonchev–Trinajstić information content (AvgIpc) is 2.89. The Hall–Kier alpha value is -1.58. The zero-order valence-electron chi connectivity index (χ0n) is 9.95. The molecule has 0 saturated heterocycles. The number of benzene rings is 2. The Kier molecular flexibility index (Phi) is 3.40. The van der Waals surface area contributed by atoms with Crippen molar-refractivity contribution in [3.8, 4) is 11.5 Å². The highest BCUT2D eigenvalue weighted by Gasteiger charge is 2.16. The van der Waals surface area contributed by atoms with Crippen LogP contribution in [0.4, 0.5) is 5.69 Å². The van der Waals surface area contributed by atoms with Gasteiger partial charge in [0.2, 0.25) is 6.79 Å². The molecule has 3 nitrogen and oxygen atoms in total. The highest BCUT2D eigenvalue weighted by atomic mass is 35.5. The van der Waals surface area contributed by atoms with Gasteiger partial charge in [-0.15, -0.1) is 0 Å². The first-order chi connectivity index (χ1) is 9.24. The summed E-state index contributed by atoms with van der Waals surface area (Å²) in [5, 5.41) is 4.36. The minimum absolute atomic E-state index is 0.277. The van der Waals surface area contributed by atoms with E-state index < -0.39 is 0 Å². The molecule has 98 valence electrons. The van der Waals surface area contributed by atoms with Gasteiger partial charge >= 0.3 is 0 Å². The molecular weight excluding hydrogens is 285 g/mol. The summed E-state index contributed by atoms with van der Waals surface area (Å²) < 4.78 is 10.8. The van der Waals surface area contributed by atoms with E-state index in [1.54, 1.807) is 12.1 Å². The van der Waals surface area contributed by atoms with E-state index in [1.807, 2.05) is 24.3 Å². The molecular formula is C14H11Cl2NO2. The molecule has 0 fully saturated rings. The number of anilines is 1. The standard InChI is InChI=1S/C14H11Cl2NO2/c15-11-5-4-10(6-12(11)16)17-7-9-2-1-3-13-14(9)19-8-18-13/h1-6,17H,7-8H2. The first kappa shape index (κ1) is 12.5. The smallest absolute Gasteiger partial charge is 0.231 e. The molecule has 0 saturated carbocycles. The fourth-order valence-corrected chi connectivity index (χ4v) is 2.23. The van der Waals surface area contributed by atoms with E-state index in [9.17, 15) is 0 Å². The number of nitrogens with one attached hydrogen (secondary N) is 1. The lowest BCUT2D eigenvalue weighted by Crippen LogP contribution is -2.01. The van der Waals surface area contributed by atoms with Crippen LogP contribution in [-0.4, -0.2) is 6.79 Å². The van der Waals surface area contributed by atoms with Crippen LogP contribution in [0.5, 0.6) is 11.5 Å². The minimum Gasteiger partial charge on any atom is -0.454 e. The summed E-state index contributed by atoms with van der Waals surface area (Å²) in [5.41, 5.74) is 1.95. The first-order valence-corrected chi connectivity index (χ1v) is 6.56. The van der Waals surface area contributed by atoms with Crippen LogP contribution in [-0.2, 0) is 6.54 Å². The van der Waals surface area contributed by atoms with Crippen molar-refractivity contribution < 1.29 is 9.47 Å². The molecule has 0 spiro atoms. The summed E-state index contributed by atoms with van der Waals surface area (Å²) >= 11 is 11.9. The second-order valence-corrected chi connectivity index (χ2v) is 4.95. The van der Waals surface area contributed by atoms with Crippen molar-refractivity contribution in [2.24, 2.45) is 0 Å². The van der Waals surface area contributed by atoms with Crippen molar-refractivity contribution in [3.63, 3.8) is 0 Å². The topological polar surface area (TPSA) is 30.5 Å². The zero-order valence-corrected chi connectivity index (χ0v) is 11.5. The number of halogens is 2. The van der Waals surface area contributed by atoms with Crippen LogP contribution in [0.2, 0.25) is 10.0 Å². The molecule has 0 aliphatic carbocycles. The number of fused-ring (bicyclic) bond motifs is 1. The van der Waals surface area contributed by atoms with Crippen LogP contribution in [0.1, 0.15) is 5.56 Å². The maximum atomic E-state index is 5.97. The molecule has 0 atom stereocenters. The molecule has 1 N–H and O–H groups in total. The summed E-state index contributed by atoms with van der Waals surface area (Å²) in [6.45, 7) is 0.906. The molecule has 2 aromatic rings. The molecule has 0 amide bonds. The highest BCUT2D eigenvalue weighted by molar-refractivity contribution is 6.42. The lowest BCUT2D eigenvalue weighted by molar-refractivity contribution is 0.173. The summed E-state index contributed by atoms with van der Waals surface area (Å²) in [7, 11) is 0. The van der Waals surface area contributed by atoms with Crippen LogP contribution < -0.4 is 14.8 Å². The molecule has 1 aliphatic heterocycles. The Morgan fingerprint density at radius 2 is 1.95 bits per heavy atom. The van der Waals surface area contributed by atoms with E-state index >= 15 is 0 Å². The summed E-state index contributed by atoms with van der Waals surface area (Å²) in [6.07, 6.45) is 0. The van der Waals surface area contributed by atoms with Crippen LogP contribution >= 0.6 is 23.2 Å². The van der Waals surface area contributed by atoms with Gasteiger partial charge in [0, 0.05) is 17.8 Å². The Balaban J connectivity index is 1.76. The van der Waals surface area contributed by atoms with Crippen LogP contribution in [0.15, 0.2) is 36.4 Å². The molecule has 19 heavy (non-hydrogen) atoms. The van der Waals surface area contributed by atoms with E-state index in [0.29, 0.717) is 16.6 Å². The molecule has 5 heteroatoms. The molecule has 2 aromatic carbocycles. The molecule has 0 bridgehead atoms. The van der Waals surface area contributed by atoms with Crippen molar-refractivity contribution in [1.29, 1.82) is 0 Å². The van der Waals surface area contributed by atoms with Gasteiger partial charge in [0.15, 0.2) is 11.5 Å². The van der Waals surface area contributed by atoms with Gasteiger partial charge in [-0.25, -0.2) is 0 Å². The van der Waals surface area contributed by atoms with Gasteiger partial charge < -0.3 is 14.8 Å². The van der Waals surface area contributed by atoms with Crippen molar-refractivity contribution >= 4 is 28.9 Å². The van der Waals surface area contributed by atoms with Crippen molar-refractivity contribution in [3.05, 3.63) is 52.0 Å². The quantitative estimate of drug-likeness (QED) is 0.914. The number of rotatable bonds is 3. The Morgan fingerprint density at radius 3 is 2.79 bits per heavy atom. The van der Waals surface area contributed by atoms with E-state index in [-0.39, 0.29) is 6.79 Å². The zero-order chi connectivity index (χ0) is 13.2. The highest BCUT2D eigenvalue weighted by Crippen LogP contribution is 2.35. The van der Waals surface area contributed by atoms with Crippen LogP contribution in [0, 0.1) is 0 Å². The van der Waals surface area contributed by atoms with Gasteiger partial charge in [0.05, 0.1) is 10.0 Å². The van der Waals surface area contributed by atoms with Crippen molar-refractivity contribution in [2.75, 3.05) is 12.1 Å². The summed E-state index contributed by atoms with van der Waals surface area (Å²) in [6, 6.07) is 11.3. The predicted molar refractivity (Wildman–Crippen MR) is 76.4 cm³/mol. The molecule has 0 unspecified atom stereocenters. The third-order valence-corrected chi connectivity index (χ3v) is 3.62.